The van der Waals surface area contributed by atoms with E-state index in [0.717, 1.165) is 26.7 Å². The molecule has 0 spiro atoms. The van der Waals surface area contributed by atoms with Crippen molar-refractivity contribution in [1.29, 1.82) is 0 Å². The molecule has 1 aromatic carbocycles. The van der Waals surface area contributed by atoms with Crippen LogP contribution < -0.4 is 10.6 Å². The number of hydrogen-bond acceptors (Lipinski definition) is 5. The van der Waals surface area contributed by atoms with Gasteiger partial charge in [0.1, 0.15) is 10.7 Å². The van der Waals surface area contributed by atoms with Gasteiger partial charge in [0.2, 0.25) is 0 Å². The number of pyridine rings is 2. The number of nitrogens with one attached hydrogen (secondary N) is 2. The highest BCUT2D eigenvalue weighted by molar-refractivity contribution is 7.21. The number of hydrogen-bond donors (Lipinski definition) is 2. The summed E-state index contributed by atoms with van der Waals surface area (Å²) in [5.74, 6) is -0.335. The average Bonchev–Trinajstić information content (AvgIpc) is 3.04. The Labute approximate surface area is 177 Å². The number of anilines is 1. The van der Waals surface area contributed by atoms with Crippen molar-refractivity contribution in [3.63, 3.8) is 0 Å². The molecule has 1 aliphatic rings. The SMILES string of the molecule is CC(C)c1ncc(-c2ccc3c(ccc4sc5c(c43)NC[C@@H](C)NC5=O)n2)cc1F. The summed E-state index contributed by atoms with van der Waals surface area (Å²) in [7, 11) is 0. The van der Waals surface area contributed by atoms with Gasteiger partial charge in [-0.2, -0.15) is 0 Å². The average molecular weight is 421 g/mol. The molecule has 0 radical (unpaired) electrons. The van der Waals surface area contributed by atoms with Crippen molar-refractivity contribution in [3.05, 3.63) is 52.9 Å². The molecule has 1 amide bonds. The summed E-state index contributed by atoms with van der Waals surface area (Å²) in [5.41, 5.74) is 3.44. The molecule has 7 heteroatoms. The lowest BCUT2D eigenvalue weighted by molar-refractivity contribution is 0.0949. The van der Waals surface area contributed by atoms with Crippen LogP contribution in [0.15, 0.2) is 36.5 Å². The summed E-state index contributed by atoms with van der Waals surface area (Å²) in [6.45, 7) is 6.49. The Balaban J connectivity index is 1.65. The van der Waals surface area contributed by atoms with E-state index in [9.17, 15) is 9.18 Å². The molecule has 1 atom stereocenters. The van der Waals surface area contributed by atoms with Gasteiger partial charge in [0.25, 0.3) is 5.91 Å². The summed E-state index contributed by atoms with van der Waals surface area (Å²) < 4.78 is 15.5. The van der Waals surface area contributed by atoms with Crippen molar-refractivity contribution < 1.29 is 9.18 Å². The van der Waals surface area contributed by atoms with E-state index in [1.54, 1.807) is 6.20 Å². The first-order valence-corrected chi connectivity index (χ1v) is 10.8. The molecule has 4 aromatic rings. The number of carbonyl (C=O) groups is 1. The first kappa shape index (κ1) is 18.9. The van der Waals surface area contributed by atoms with Gasteiger partial charge in [-0.25, -0.2) is 9.37 Å². The third kappa shape index (κ3) is 3.01. The van der Waals surface area contributed by atoms with Gasteiger partial charge < -0.3 is 10.6 Å². The summed E-state index contributed by atoms with van der Waals surface area (Å²) in [6, 6.07) is 9.38. The molecule has 0 bridgehead atoms. The number of amides is 1. The fourth-order valence-corrected chi connectivity index (χ4v) is 5.00. The number of thiophene rings is 1. The van der Waals surface area contributed by atoms with Gasteiger partial charge in [-0.15, -0.1) is 11.3 Å². The second kappa shape index (κ2) is 7.02. The predicted molar refractivity (Wildman–Crippen MR) is 120 cm³/mol. The van der Waals surface area contributed by atoms with Gasteiger partial charge in [0.05, 0.1) is 22.6 Å². The van der Waals surface area contributed by atoms with Gasteiger partial charge in [0, 0.05) is 39.8 Å². The topological polar surface area (TPSA) is 66.9 Å². The molecule has 1 aliphatic heterocycles. The second-order valence-corrected chi connectivity index (χ2v) is 9.06. The molecule has 3 aromatic heterocycles. The maximum Gasteiger partial charge on any atom is 0.263 e. The molecule has 2 N–H and O–H groups in total. The Morgan fingerprint density at radius 2 is 2.07 bits per heavy atom. The zero-order chi connectivity index (χ0) is 21.0. The van der Waals surface area contributed by atoms with Crippen LogP contribution in [0.2, 0.25) is 0 Å². The molecule has 4 heterocycles. The van der Waals surface area contributed by atoms with Crippen molar-refractivity contribution in [2.45, 2.75) is 32.7 Å². The number of nitrogens with zero attached hydrogens (tertiary/aromatic N) is 2. The molecule has 0 unspecified atom stereocenters. The molecular formula is C23H21FN4OS. The Hall–Kier alpha value is -3.06. The Morgan fingerprint density at radius 3 is 2.83 bits per heavy atom. The van der Waals surface area contributed by atoms with Crippen LogP contribution >= 0.6 is 11.3 Å². The largest absolute Gasteiger partial charge is 0.381 e. The van der Waals surface area contributed by atoms with Crippen molar-refractivity contribution in [1.82, 2.24) is 15.3 Å². The molecule has 0 saturated heterocycles. The highest BCUT2D eigenvalue weighted by Crippen LogP contribution is 2.41. The van der Waals surface area contributed by atoms with Gasteiger partial charge >= 0.3 is 0 Å². The fraction of sp³-hybridized carbons (Fsp3) is 0.261. The van der Waals surface area contributed by atoms with Gasteiger partial charge in [0.15, 0.2) is 0 Å². The summed E-state index contributed by atoms with van der Waals surface area (Å²) in [4.78, 5) is 22.3. The number of fused-ring (bicyclic) bond motifs is 5. The highest BCUT2D eigenvalue weighted by atomic mass is 32.1. The maximum atomic E-state index is 14.4. The summed E-state index contributed by atoms with van der Waals surface area (Å²) in [6.07, 6.45) is 1.68. The molecule has 0 saturated carbocycles. The molecule has 5 rings (SSSR count). The monoisotopic (exact) mass is 420 g/mol. The van der Waals surface area contributed by atoms with Crippen LogP contribution in [0.1, 0.15) is 42.1 Å². The smallest absolute Gasteiger partial charge is 0.263 e. The van der Waals surface area contributed by atoms with Crippen LogP contribution in [0.3, 0.4) is 0 Å². The van der Waals surface area contributed by atoms with E-state index in [-0.39, 0.29) is 23.7 Å². The van der Waals surface area contributed by atoms with Crippen molar-refractivity contribution in [2.75, 3.05) is 11.9 Å². The summed E-state index contributed by atoms with van der Waals surface area (Å²) >= 11 is 1.48. The standard InChI is InChI=1S/C23H21FN4OS/c1-11(2)20-15(24)8-13(10-26-20)16-5-4-14-17(28-16)6-7-18-19(14)21-22(30-18)23(29)27-12(3)9-25-21/h4-8,10-12,25H,9H2,1-3H3,(H,27,29)/t12-/m1/s1. The highest BCUT2D eigenvalue weighted by Gasteiger charge is 2.24. The van der Waals surface area contributed by atoms with Crippen LogP contribution in [0.25, 0.3) is 32.2 Å². The van der Waals surface area contributed by atoms with E-state index in [1.807, 2.05) is 45.0 Å². The van der Waals surface area contributed by atoms with Crippen LogP contribution in [0, 0.1) is 5.82 Å². The van der Waals surface area contributed by atoms with Crippen molar-refractivity contribution in [3.8, 4) is 11.3 Å². The Morgan fingerprint density at radius 1 is 1.23 bits per heavy atom. The van der Waals surface area contributed by atoms with E-state index < -0.39 is 0 Å². The van der Waals surface area contributed by atoms with Gasteiger partial charge in [-0.3, -0.25) is 9.78 Å². The van der Waals surface area contributed by atoms with Gasteiger partial charge in [-0.1, -0.05) is 13.8 Å². The predicted octanol–water partition coefficient (Wildman–Crippen LogP) is 5.32. The normalized spacial score (nSPS) is 16.4. The zero-order valence-electron chi connectivity index (χ0n) is 16.9. The lowest BCUT2D eigenvalue weighted by Crippen LogP contribution is -2.34. The minimum absolute atomic E-state index is 0.0261. The third-order valence-corrected chi connectivity index (χ3v) is 6.56. The maximum absolute atomic E-state index is 14.4. The Bertz CT molecular complexity index is 1310. The van der Waals surface area contributed by atoms with Crippen LogP contribution in [0.4, 0.5) is 10.1 Å². The Kier molecular flexibility index (Phi) is 4.43. The van der Waals surface area contributed by atoms with Crippen LogP contribution in [0.5, 0.6) is 0 Å². The quantitative estimate of drug-likeness (QED) is 0.461. The molecule has 0 fully saturated rings. The number of halogens is 1. The molecule has 5 nitrogen and oxygen atoms in total. The third-order valence-electron chi connectivity index (χ3n) is 5.40. The fourth-order valence-electron chi connectivity index (χ4n) is 3.90. The molecule has 0 aliphatic carbocycles. The minimum atomic E-state index is -0.313. The second-order valence-electron chi connectivity index (χ2n) is 8.01. The van der Waals surface area contributed by atoms with E-state index in [0.29, 0.717) is 28.4 Å². The number of rotatable bonds is 2. The first-order valence-electron chi connectivity index (χ1n) is 9.99. The molecular weight excluding hydrogens is 399 g/mol. The van der Waals surface area contributed by atoms with E-state index in [4.69, 9.17) is 4.98 Å². The van der Waals surface area contributed by atoms with Crippen LogP contribution in [-0.4, -0.2) is 28.5 Å². The summed E-state index contributed by atoms with van der Waals surface area (Å²) in [5, 5.41) is 8.41. The zero-order valence-corrected chi connectivity index (χ0v) is 17.7. The minimum Gasteiger partial charge on any atom is -0.381 e. The lowest BCUT2D eigenvalue weighted by Gasteiger charge is -2.10. The first-order chi connectivity index (χ1) is 14.4. The van der Waals surface area contributed by atoms with E-state index >= 15 is 0 Å². The number of benzene rings is 1. The van der Waals surface area contributed by atoms with Crippen molar-refractivity contribution >= 4 is 43.9 Å². The van der Waals surface area contributed by atoms with Crippen molar-refractivity contribution in [2.24, 2.45) is 0 Å². The molecule has 152 valence electrons. The number of carbonyl (C=O) groups excluding carboxylic acids is 1. The van der Waals surface area contributed by atoms with E-state index in [2.05, 4.69) is 15.6 Å². The number of aromatic nitrogens is 2. The molecule has 30 heavy (non-hydrogen) atoms. The lowest BCUT2D eigenvalue weighted by atomic mass is 10.0. The van der Waals surface area contributed by atoms with E-state index in [1.165, 1.54) is 17.4 Å². The van der Waals surface area contributed by atoms with Crippen LogP contribution in [-0.2, 0) is 0 Å². The van der Waals surface area contributed by atoms with Gasteiger partial charge in [-0.05, 0) is 43.2 Å².